The van der Waals surface area contributed by atoms with Crippen LogP contribution in [-0.4, -0.2) is 12.4 Å². The lowest BCUT2D eigenvalue weighted by molar-refractivity contribution is -0.116. The zero-order chi connectivity index (χ0) is 12.1. The molecule has 0 saturated carbocycles. The molecule has 2 nitrogen and oxygen atoms in total. The van der Waals surface area contributed by atoms with Crippen LogP contribution in [-0.2, 0) is 10.1 Å². The van der Waals surface area contributed by atoms with Gasteiger partial charge in [-0.3, -0.25) is 4.79 Å². The monoisotopic (exact) mass is 348 g/mol. The smallest absolute Gasteiger partial charge is 0.147 e. The van der Waals surface area contributed by atoms with Gasteiger partial charge >= 0.3 is 0 Å². The molecule has 0 fully saturated rings. The van der Waals surface area contributed by atoms with Gasteiger partial charge in [0.25, 0.3) is 0 Å². The second-order valence-electron chi connectivity index (χ2n) is 3.37. The van der Waals surface area contributed by atoms with Crippen LogP contribution >= 0.6 is 31.9 Å². The Morgan fingerprint density at radius 3 is 2.69 bits per heavy atom. The number of halogens is 2. The number of carbonyl (C=O) groups is 1. The highest BCUT2D eigenvalue weighted by atomic mass is 79.9. The molecule has 0 heterocycles. The van der Waals surface area contributed by atoms with Crippen molar-refractivity contribution >= 4 is 37.6 Å². The summed E-state index contributed by atoms with van der Waals surface area (Å²) in [6.07, 6.45) is 0. The topological polar surface area (TPSA) is 26.3 Å². The first-order valence-electron chi connectivity index (χ1n) is 5.06. The predicted octanol–water partition coefficient (Wildman–Crippen LogP) is 4.01. The number of ether oxygens (including phenoxy) is 1. The first-order chi connectivity index (χ1) is 7.61. The summed E-state index contributed by atoms with van der Waals surface area (Å²) in [7, 11) is 0. The Morgan fingerprint density at radius 2 is 2.19 bits per heavy atom. The van der Waals surface area contributed by atoms with Crippen LogP contribution in [0.5, 0.6) is 5.75 Å². The van der Waals surface area contributed by atoms with Crippen LogP contribution in [0.4, 0.5) is 0 Å². The molecule has 1 unspecified atom stereocenters. The highest BCUT2D eigenvalue weighted by Gasteiger charge is 2.20. The van der Waals surface area contributed by atoms with Gasteiger partial charge < -0.3 is 4.74 Å². The number of hydrogen-bond donors (Lipinski definition) is 0. The van der Waals surface area contributed by atoms with Gasteiger partial charge in [-0.15, -0.1) is 0 Å². The maximum absolute atomic E-state index is 11.5. The van der Waals surface area contributed by atoms with E-state index >= 15 is 0 Å². The minimum atomic E-state index is -0.303. The summed E-state index contributed by atoms with van der Waals surface area (Å²) in [5.41, 5.74) is 2.00. The third-order valence-corrected chi connectivity index (χ3v) is 3.92. The van der Waals surface area contributed by atoms with E-state index in [0.717, 1.165) is 16.9 Å². The number of ketones is 1. The fourth-order valence-electron chi connectivity index (χ4n) is 1.48. The van der Waals surface area contributed by atoms with Crippen LogP contribution in [0, 0.1) is 0 Å². The van der Waals surface area contributed by atoms with Crippen molar-refractivity contribution in [2.45, 2.75) is 24.0 Å². The Labute approximate surface area is 113 Å². The van der Waals surface area contributed by atoms with E-state index in [0.29, 0.717) is 11.9 Å². The highest BCUT2D eigenvalue weighted by Crippen LogP contribution is 2.35. The molecule has 0 aliphatic rings. The van der Waals surface area contributed by atoms with Gasteiger partial charge in [-0.1, -0.05) is 44.0 Å². The maximum atomic E-state index is 11.5. The van der Waals surface area contributed by atoms with Gasteiger partial charge in [-0.05, 0) is 25.5 Å². The minimum absolute atomic E-state index is 0.0781. The van der Waals surface area contributed by atoms with Crippen LogP contribution < -0.4 is 4.74 Å². The molecular formula is C12H14Br2O2. The Hall–Kier alpha value is -0.350. The van der Waals surface area contributed by atoms with Crippen LogP contribution in [0.3, 0.4) is 0 Å². The summed E-state index contributed by atoms with van der Waals surface area (Å²) in [4.78, 5) is 11.1. The van der Waals surface area contributed by atoms with Gasteiger partial charge in [-0.25, -0.2) is 0 Å². The molecule has 0 N–H and O–H groups in total. The molecule has 1 rings (SSSR count). The largest absolute Gasteiger partial charge is 0.494 e. The van der Waals surface area contributed by atoms with Crippen LogP contribution in [0.2, 0.25) is 0 Å². The molecule has 4 heteroatoms. The van der Waals surface area contributed by atoms with Crippen molar-refractivity contribution in [3.63, 3.8) is 0 Å². The van der Waals surface area contributed by atoms with E-state index in [9.17, 15) is 4.79 Å². The van der Waals surface area contributed by atoms with E-state index in [1.54, 1.807) is 6.92 Å². The standard InChI is InChI=1S/C12H14Br2O2/c1-3-16-10-6-4-5-9(7-13)11(10)12(14)8(2)15/h4-6,12H,3,7H2,1-2H3. The average Bonchev–Trinajstić information content (AvgIpc) is 2.28. The molecule has 0 spiro atoms. The first-order valence-corrected chi connectivity index (χ1v) is 7.10. The second kappa shape index (κ2) is 6.40. The highest BCUT2D eigenvalue weighted by molar-refractivity contribution is 9.09. The average molecular weight is 350 g/mol. The number of rotatable bonds is 5. The van der Waals surface area contributed by atoms with E-state index in [4.69, 9.17) is 4.74 Å². The molecule has 0 amide bonds. The first kappa shape index (κ1) is 13.7. The molecule has 1 atom stereocenters. The Kier molecular flexibility index (Phi) is 5.49. The van der Waals surface area contributed by atoms with Crippen molar-refractivity contribution in [1.82, 2.24) is 0 Å². The fourth-order valence-corrected chi connectivity index (χ4v) is 2.49. The lowest BCUT2D eigenvalue weighted by atomic mass is 10.0. The van der Waals surface area contributed by atoms with E-state index in [-0.39, 0.29) is 10.6 Å². The number of benzene rings is 1. The number of alkyl halides is 2. The van der Waals surface area contributed by atoms with Gasteiger partial charge in [0.2, 0.25) is 0 Å². The molecule has 1 aromatic rings. The van der Waals surface area contributed by atoms with E-state index in [2.05, 4.69) is 31.9 Å². The molecule has 1 aromatic carbocycles. The maximum Gasteiger partial charge on any atom is 0.147 e. The molecule has 88 valence electrons. The van der Waals surface area contributed by atoms with Crippen LogP contribution in [0.1, 0.15) is 29.8 Å². The number of carbonyl (C=O) groups excluding carboxylic acids is 1. The molecule has 0 saturated heterocycles. The van der Waals surface area contributed by atoms with Crippen molar-refractivity contribution in [2.75, 3.05) is 6.61 Å². The quantitative estimate of drug-likeness (QED) is 0.751. The summed E-state index contributed by atoms with van der Waals surface area (Å²) in [6, 6.07) is 5.82. The van der Waals surface area contributed by atoms with Crippen molar-refractivity contribution in [3.05, 3.63) is 29.3 Å². The zero-order valence-electron chi connectivity index (χ0n) is 9.30. The second-order valence-corrected chi connectivity index (χ2v) is 4.85. The molecule has 0 aliphatic carbocycles. The van der Waals surface area contributed by atoms with Gasteiger partial charge in [0.05, 0.1) is 6.61 Å². The summed E-state index contributed by atoms with van der Waals surface area (Å²) in [6.45, 7) is 4.10. The van der Waals surface area contributed by atoms with Crippen molar-refractivity contribution in [1.29, 1.82) is 0 Å². The van der Waals surface area contributed by atoms with Crippen molar-refractivity contribution in [3.8, 4) is 5.75 Å². The van der Waals surface area contributed by atoms with Gasteiger partial charge in [0.1, 0.15) is 16.4 Å². The Bertz CT molecular complexity index is 377. The van der Waals surface area contributed by atoms with Crippen molar-refractivity contribution in [2.24, 2.45) is 0 Å². The van der Waals surface area contributed by atoms with Gasteiger partial charge in [0.15, 0.2) is 0 Å². The lowest BCUT2D eigenvalue weighted by Crippen LogP contribution is -2.07. The van der Waals surface area contributed by atoms with E-state index < -0.39 is 0 Å². The Balaban J connectivity index is 3.23. The van der Waals surface area contributed by atoms with Crippen LogP contribution in [0.25, 0.3) is 0 Å². The predicted molar refractivity (Wildman–Crippen MR) is 72.6 cm³/mol. The Morgan fingerprint density at radius 1 is 1.50 bits per heavy atom. The normalized spacial score (nSPS) is 12.2. The molecule has 0 aromatic heterocycles. The molecule has 0 aliphatic heterocycles. The summed E-state index contributed by atoms with van der Waals surface area (Å²) >= 11 is 6.84. The van der Waals surface area contributed by atoms with Crippen LogP contribution in [0.15, 0.2) is 18.2 Å². The minimum Gasteiger partial charge on any atom is -0.494 e. The summed E-state index contributed by atoms with van der Waals surface area (Å²) in [5, 5.41) is 0.707. The molecule has 0 bridgehead atoms. The van der Waals surface area contributed by atoms with Gasteiger partial charge in [0, 0.05) is 10.9 Å². The number of Topliss-reactive ketones (excluding diaryl/α,β-unsaturated/α-hetero) is 1. The van der Waals surface area contributed by atoms with Crippen molar-refractivity contribution < 1.29 is 9.53 Å². The van der Waals surface area contributed by atoms with Gasteiger partial charge in [-0.2, -0.15) is 0 Å². The van der Waals surface area contributed by atoms with E-state index in [1.807, 2.05) is 25.1 Å². The summed E-state index contributed by atoms with van der Waals surface area (Å²) in [5.74, 6) is 0.853. The SMILES string of the molecule is CCOc1cccc(CBr)c1C(Br)C(C)=O. The zero-order valence-corrected chi connectivity index (χ0v) is 12.5. The molecule has 16 heavy (non-hydrogen) atoms. The third kappa shape index (κ3) is 3.08. The lowest BCUT2D eigenvalue weighted by Gasteiger charge is -2.16. The fraction of sp³-hybridized carbons (Fsp3) is 0.417. The van der Waals surface area contributed by atoms with E-state index in [1.165, 1.54) is 0 Å². The summed E-state index contributed by atoms with van der Waals surface area (Å²) < 4.78 is 5.55. The number of hydrogen-bond acceptors (Lipinski definition) is 2. The molecule has 0 radical (unpaired) electrons. The molecular weight excluding hydrogens is 336 g/mol. The third-order valence-electron chi connectivity index (χ3n) is 2.21.